The van der Waals surface area contributed by atoms with Crippen LogP contribution in [-0.2, 0) is 0 Å². The van der Waals surface area contributed by atoms with E-state index in [0.717, 1.165) is 25.9 Å². The highest BCUT2D eigenvalue weighted by Crippen LogP contribution is 2.24. The van der Waals surface area contributed by atoms with E-state index in [4.69, 9.17) is 4.74 Å². The first kappa shape index (κ1) is 13.8. The van der Waals surface area contributed by atoms with Crippen LogP contribution in [0.3, 0.4) is 0 Å². The van der Waals surface area contributed by atoms with Crippen LogP contribution in [0.15, 0.2) is 42.7 Å². The molecule has 0 atom stereocenters. The Bertz CT molecular complexity index is 571. The van der Waals surface area contributed by atoms with Crippen LogP contribution in [0.5, 0.6) is 5.88 Å². The van der Waals surface area contributed by atoms with Crippen LogP contribution < -0.4 is 9.64 Å². The Hall–Kier alpha value is -2.17. The number of pyridine rings is 2. The van der Waals surface area contributed by atoms with Crippen LogP contribution >= 0.6 is 0 Å². The number of nitrogens with zero attached hydrogens (tertiary/aromatic N) is 3. The molecule has 110 valence electrons. The minimum Gasteiger partial charge on any atom is -0.477 e. The molecule has 21 heavy (non-hydrogen) atoms. The van der Waals surface area contributed by atoms with Gasteiger partial charge in [-0.2, -0.15) is 0 Å². The predicted octanol–water partition coefficient (Wildman–Crippen LogP) is 2.91. The lowest BCUT2D eigenvalue weighted by molar-refractivity contribution is 0.215. The molecule has 0 N–H and O–H groups in total. The number of piperidine rings is 1. The van der Waals surface area contributed by atoms with Gasteiger partial charge in [0.05, 0.1) is 6.61 Å². The van der Waals surface area contributed by atoms with Crippen molar-refractivity contribution in [3.63, 3.8) is 0 Å². The highest BCUT2D eigenvalue weighted by atomic mass is 19.1. The third kappa shape index (κ3) is 3.48. The predicted molar refractivity (Wildman–Crippen MR) is 78.9 cm³/mol. The molecule has 1 fully saturated rings. The van der Waals surface area contributed by atoms with Crippen molar-refractivity contribution in [2.75, 3.05) is 24.6 Å². The number of hydrogen-bond acceptors (Lipinski definition) is 4. The number of halogens is 1. The van der Waals surface area contributed by atoms with Crippen molar-refractivity contribution >= 4 is 5.82 Å². The van der Waals surface area contributed by atoms with Gasteiger partial charge in [0.1, 0.15) is 0 Å². The van der Waals surface area contributed by atoms with E-state index in [9.17, 15) is 4.39 Å². The van der Waals surface area contributed by atoms with Gasteiger partial charge in [-0.05, 0) is 37.0 Å². The van der Waals surface area contributed by atoms with Crippen molar-refractivity contribution in [1.29, 1.82) is 0 Å². The molecule has 3 rings (SSSR count). The summed E-state index contributed by atoms with van der Waals surface area (Å²) < 4.78 is 19.4. The lowest BCUT2D eigenvalue weighted by Gasteiger charge is -2.32. The van der Waals surface area contributed by atoms with E-state index in [-0.39, 0.29) is 5.82 Å². The zero-order valence-electron chi connectivity index (χ0n) is 11.8. The first-order chi connectivity index (χ1) is 10.3. The molecule has 1 aliphatic heterocycles. The zero-order chi connectivity index (χ0) is 14.5. The molecular weight excluding hydrogens is 269 g/mol. The average Bonchev–Trinajstić information content (AvgIpc) is 2.55. The van der Waals surface area contributed by atoms with Crippen LogP contribution in [-0.4, -0.2) is 29.7 Å². The van der Waals surface area contributed by atoms with E-state index in [2.05, 4.69) is 9.97 Å². The largest absolute Gasteiger partial charge is 0.477 e. The maximum atomic E-state index is 13.7. The van der Waals surface area contributed by atoms with Gasteiger partial charge >= 0.3 is 0 Å². The summed E-state index contributed by atoms with van der Waals surface area (Å²) in [4.78, 5) is 10.3. The Balaban J connectivity index is 1.50. The van der Waals surface area contributed by atoms with Gasteiger partial charge in [-0.25, -0.2) is 14.4 Å². The molecule has 1 aliphatic rings. The third-order valence-corrected chi connectivity index (χ3v) is 3.76. The minimum absolute atomic E-state index is 0.249. The highest BCUT2D eigenvalue weighted by molar-refractivity contribution is 5.39. The number of aromatic nitrogens is 2. The van der Waals surface area contributed by atoms with Crippen molar-refractivity contribution in [2.24, 2.45) is 5.92 Å². The summed E-state index contributed by atoms with van der Waals surface area (Å²) in [6.45, 7) is 2.28. The molecule has 5 heteroatoms. The maximum absolute atomic E-state index is 13.7. The molecular formula is C16H18FN3O. The number of anilines is 1. The minimum atomic E-state index is -0.249. The first-order valence-corrected chi connectivity index (χ1v) is 7.22. The van der Waals surface area contributed by atoms with Crippen LogP contribution in [0.4, 0.5) is 10.2 Å². The van der Waals surface area contributed by atoms with E-state index < -0.39 is 0 Å². The summed E-state index contributed by atoms with van der Waals surface area (Å²) in [5.41, 5.74) is 0. The van der Waals surface area contributed by atoms with Gasteiger partial charge in [0.2, 0.25) is 5.88 Å². The molecule has 4 nitrogen and oxygen atoms in total. The van der Waals surface area contributed by atoms with E-state index in [1.807, 2.05) is 23.1 Å². The molecule has 0 radical (unpaired) electrons. The van der Waals surface area contributed by atoms with Crippen LogP contribution in [0, 0.1) is 11.7 Å². The van der Waals surface area contributed by atoms with Crippen LogP contribution in [0.1, 0.15) is 12.8 Å². The molecule has 0 aromatic carbocycles. The quantitative estimate of drug-likeness (QED) is 0.866. The Morgan fingerprint density at radius 2 is 1.90 bits per heavy atom. The highest BCUT2D eigenvalue weighted by Gasteiger charge is 2.22. The normalized spacial score (nSPS) is 16.0. The smallest absolute Gasteiger partial charge is 0.213 e. The Labute approximate surface area is 123 Å². The number of ether oxygens (including phenoxy) is 1. The van der Waals surface area contributed by atoms with E-state index >= 15 is 0 Å². The maximum Gasteiger partial charge on any atom is 0.213 e. The fourth-order valence-corrected chi connectivity index (χ4v) is 2.56. The summed E-state index contributed by atoms with van der Waals surface area (Å²) in [6.07, 6.45) is 5.31. The molecule has 1 saturated heterocycles. The molecule has 3 heterocycles. The lowest BCUT2D eigenvalue weighted by atomic mass is 9.98. The molecule has 0 spiro atoms. The summed E-state index contributed by atoms with van der Waals surface area (Å²) in [6, 6.07) is 8.71. The second-order valence-corrected chi connectivity index (χ2v) is 5.22. The zero-order valence-corrected chi connectivity index (χ0v) is 11.8. The second kappa shape index (κ2) is 6.52. The van der Waals surface area contributed by atoms with Crippen LogP contribution in [0.25, 0.3) is 0 Å². The molecule has 0 bridgehead atoms. The molecule has 2 aromatic heterocycles. The Kier molecular flexibility index (Phi) is 4.28. The van der Waals surface area contributed by atoms with Crippen molar-refractivity contribution < 1.29 is 9.13 Å². The van der Waals surface area contributed by atoms with Gasteiger partial charge in [0.15, 0.2) is 11.6 Å². The first-order valence-electron chi connectivity index (χ1n) is 7.22. The second-order valence-electron chi connectivity index (χ2n) is 5.22. The summed E-state index contributed by atoms with van der Waals surface area (Å²) in [5.74, 6) is 1.35. The number of rotatable bonds is 4. The third-order valence-electron chi connectivity index (χ3n) is 3.76. The monoisotopic (exact) mass is 287 g/mol. The Morgan fingerprint density at radius 3 is 2.62 bits per heavy atom. The summed E-state index contributed by atoms with van der Waals surface area (Å²) in [7, 11) is 0. The summed E-state index contributed by atoms with van der Waals surface area (Å²) in [5, 5.41) is 0. The molecule has 0 amide bonds. The van der Waals surface area contributed by atoms with E-state index in [0.29, 0.717) is 24.2 Å². The van der Waals surface area contributed by atoms with Gasteiger partial charge in [-0.3, -0.25) is 0 Å². The van der Waals surface area contributed by atoms with Crippen molar-refractivity contribution in [3.05, 3.63) is 48.5 Å². The fourth-order valence-electron chi connectivity index (χ4n) is 2.56. The standard InChI is InChI=1S/C16H18FN3O/c17-14-4-3-9-19-16(14)20-10-6-13(7-11-20)12-21-15-5-1-2-8-18-15/h1-5,8-9,13H,6-7,10-12H2. The molecule has 2 aromatic rings. The lowest BCUT2D eigenvalue weighted by Crippen LogP contribution is -2.36. The summed E-state index contributed by atoms with van der Waals surface area (Å²) >= 11 is 0. The van der Waals surface area contributed by atoms with Crippen molar-refractivity contribution in [3.8, 4) is 5.88 Å². The van der Waals surface area contributed by atoms with Crippen LogP contribution in [0.2, 0.25) is 0 Å². The van der Waals surface area contributed by atoms with E-state index in [1.165, 1.54) is 6.07 Å². The SMILES string of the molecule is Fc1cccnc1N1CCC(COc2ccccn2)CC1. The van der Waals surface area contributed by atoms with Crippen molar-refractivity contribution in [1.82, 2.24) is 9.97 Å². The van der Waals surface area contributed by atoms with Gasteiger partial charge in [0.25, 0.3) is 0 Å². The topological polar surface area (TPSA) is 38.2 Å². The van der Waals surface area contributed by atoms with E-state index in [1.54, 1.807) is 18.5 Å². The molecule has 0 unspecified atom stereocenters. The van der Waals surface area contributed by atoms with Gasteiger partial charge in [0, 0.05) is 31.5 Å². The van der Waals surface area contributed by atoms with Gasteiger partial charge < -0.3 is 9.64 Å². The Morgan fingerprint density at radius 1 is 1.10 bits per heavy atom. The van der Waals surface area contributed by atoms with Gasteiger partial charge in [-0.1, -0.05) is 6.07 Å². The molecule has 0 aliphatic carbocycles. The number of hydrogen-bond donors (Lipinski definition) is 0. The molecule has 0 saturated carbocycles. The fraction of sp³-hybridized carbons (Fsp3) is 0.375. The average molecular weight is 287 g/mol. The van der Waals surface area contributed by atoms with Crippen molar-refractivity contribution in [2.45, 2.75) is 12.8 Å². The van der Waals surface area contributed by atoms with Gasteiger partial charge in [-0.15, -0.1) is 0 Å².